The molecule has 1 heteroatoms. The van der Waals surface area contributed by atoms with E-state index in [0.29, 0.717) is 0 Å². The van der Waals surface area contributed by atoms with Crippen molar-refractivity contribution in [3.63, 3.8) is 0 Å². The second kappa shape index (κ2) is 5.41. The van der Waals surface area contributed by atoms with Crippen molar-refractivity contribution in [2.75, 3.05) is 0 Å². The predicted molar refractivity (Wildman–Crippen MR) is 57.3 cm³/mol. The molecule has 0 saturated heterocycles. The molecule has 0 aliphatic heterocycles. The Balaban J connectivity index is 2.41. The highest BCUT2D eigenvalue weighted by Crippen LogP contribution is 2.15. The van der Waals surface area contributed by atoms with Gasteiger partial charge in [0.15, 0.2) is 0 Å². The Morgan fingerprint density at radius 2 is 1.92 bits per heavy atom. The molecule has 0 saturated carbocycles. The molecule has 0 bridgehead atoms. The molecule has 0 spiro atoms. The zero-order chi connectivity index (χ0) is 8.81. The van der Waals surface area contributed by atoms with Crippen molar-refractivity contribution in [1.29, 1.82) is 0 Å². The Morgan fingerprint density at radius 3 is 2.50 bits per heavy atom. The first-order valence-corrected chi connectivity index (χ1v) is 6.02. The van der Waals surface area contributed by atoms with E-state index in [0.717, 1.165) is 4.78 Å². The fraction of sp³-hybridized carbons (Fsp3) is 0.455. The van der Waals surface area contributed by atoms with Crippen molar-refractivity contribution in [3.8, 4) is 0 Å². The summed E-state index contributed by atoms with van der Waals surface area (Å²) in [6.45, 7) is 2.27. The molecule has 1 aromatic rings. The van der Waals surface area contributed by atoms with Crippen LogP contribution in [0.2, 0.25) is 4.78 Å². The van der Waals surface area contributed by atoms with E-state index in [1.54, 1.807) is 0 Å². The lowest BCUT2D eigenvalue weighted by molar-refractivity contribution is 0.715. The standard InChI is InChI=1S/C11H15.Al.2H/c1-2-3-5-8-11-9-6-4-7-10-11;;;/h4-7,9-10H,2-3,8H2,1H3;;;. The van der Waals surface area contributed by atoms with Crippen LogP contribution in [-0.4, -0.2) is 16.3 Å². The normalized spacial score (nSPS) is 12.8. The van der Waals surface area contributed by atoms with E-state index < -0.39 is 0 Å². The average molecular weight is 176 g/mol. The van der Waals surface area contributed by atoms with Crippen molar-refractivity contribution in [3.05, 3.63) is 35.9 Å². The van der Waals surface area contributed by atoms with Crippen LogP contribution in [0.15, 0.2) is 30.3 Å². The lowest BCUT2D eigenvalue weighted by Crippen LogP contribution is -1.96. The Hall–Kier alpha value is -0.248. The number of benzene rings is 1. The molecule has 1 atom stereocenters. The molecule has 1 rings (SSSR count). The van der Waals surface area contributed by atoms with Gasteiger partial charge in [-0.05, 0) is 12.0 Å². The van der Waals surface area contributed by atoms with Crippen molar-refractivity contribution in [1.82, 2.24) is 0 Å². The van der Waals surface area contributed by atoms with Crippen LogP contribution in [0.25, 0.3) is 0 Å². The molecule has 0 fully saturated rings. The van der Waals surface area contributed by atoms with Crippen LogP contribution in [0, 0.1) is 0 Å². The molecule has 0 heterocycles. The summed E-state index contributed by atoms with van der Waals surface area (Å²) in [6.07, 6.45) is 4.03. The molecule has 0 radical (unpaired) electrons. The smallest absolute Gasteiger partial charge is 0.0863 e. The Morgan fingerprint density at radius 1 is 1.25 bits per heavy atom. The van der Waals surface area contributed by atoms with Crippen LogP contribution >= 0.6 is 0 Å². The molecule has 64 valence electrons. The third kappa shape index (κ3) is 3.43. The van der Waals surface area contributed by atoms with Crippen molar-refractivity contribution in [2.24, 2.45) is 0 Å². The fourth-order valence-corrected chi connectivity index (χ4v) is 2.66. The van der Waals surface area contributed by atoms with E-state index in [2.05, 4.69) is 37.3 Å². The van der Waals surface area contributed by atoms with E-state index in [9.17, 15) is 0 Å². The second-order valence-electron chi connectivity index (χ2n) is 3.58. The molecule has 0 amide bonds. The minimum atomic E-state index is 0.970. The minimum absolute atomic E-state index is 0.970. The summed E-state index contributed by atoms with van der Waals surface area (Å²) in [5, 5.41) is 0. The molecule has 12 heavy (non-hydrogen) atoms. The molecule has 0 aliphatic rings. The largest absolute Gasteiger partial charge is 0.216 e. The Labute approximate surface area is 83.4 Å². The third-order valence-electron chi connectivity index (χ3n) is 2.21. The van der Waals surface area contributed by atoms with E-state index in [1.807, 2.05) is 0 Å². The molecular formula is C11H17Al. The zero-order valence-electron chi connectivity index (χ0n) is 8.09. The van der Waals surface area contributed by atoms with Crippen molar-refractivity contribution >= 4 is 16.3 Å². The highest BCUT2D eigenvalue weighted by Gasteiger charge is 2.01. The average Bonchev–Trinajstić information content (AvgIpc) is 2.06. The fourth-order valence-electron chi connectivity index (χ4n) is 1.61. The van der Waals surface area contributed by atoms with Crippen LogP contribution in [-0.2, 0) is 6.42 Å². The summed E-state index contributed by atoms with van der Waals surface area (Å²) < 4.78 is 0.970. The van der Waals surface area contributed by atoms with Gasteiger partial charge in [0.05, 0.1) is 0 Å². The number of hydrogen-bond acceptors (Lipinski definition) is 0. The summed E-state index contributed by atoms with van der Waals surface area (Å²) in [5.74, 6) is 0. The number of rotatable bonds is 4. The lowest BCUT2D eigenvalue weighted by atomic mass is 10.1. The summed E-state index contributed by atoms with van der Waals surface area (Å²) in [5.41, 5.74) is 1.51. The van der Waals surface area contributed by atoms with E-state index in [-0.39, 0.29) is 0 Å². The monoisotopic (exact) mass is 176 g/mol. The van der Waals surface area contributed by atoms with E-state index in [1.165, 1.54) is 41.1 Å². The molecule has 0 nitrogen and oxygen atoms in total. The van der Waals surface area contributed by atoms with Gasteiger partial charge < -0.3 is 0 Å². The topological polar surface area (TPSA) is 0 Å². The molecule has 1 aromatic carbocycles. The van der Waals surface area contributed by atoms with Crippen molar-refractivity contribution in [2.45, 2.75) is 31.0 Å². The maximum absolute atomic E-state index is 2.27. The van der Waals surface area contributed by atoms with Gasteiger partial charge in [-0.3, -0.25) is 0 Å². The first kappa shape index (κ1) is 9.84. The first-order valence-electron chi connectivity index (χ1n) is 4.87. The minimum Gasteiger partial charge on any atom is -0.0863 e. The van der Waals surface area contributed by atoms with Crippen LogP contribution in [0.1, 0.15) is 25.3 Å². The highest BCUT2D eigenvalue weighted by atomic mass is 27.0. The quantitative estimate of drug-likeness (QED) is 0.618. The van der Waals surface area contributed by atoms with Gasteiger partial charge >= 0.3 is 0 Å². The zero-order valence-corrected chi connectivity index (χ0v) is 10.1. The maximum Gasteiger partial charge on any atom is 0.216 e. The third-order valence-corrected chi connectivity index (χ3v) is 3.19. The van der Waals surface area contributed by atoms with Crippen LogP contribution in [0.3, 0.4) is 0 Å². The van der Waals surface area contributed by atoms with Gasteiger partial charge in [0, 0.05) is 0 Å². The predicted octanol–water partition coefficient (Wildman–Crippen LogP) is 2.45. The Bertz CT molecular complexity index is 206. The molecule has 0 N–H and O–H groups in total. The van der Waals surface area contributed by atoms with Gasteiger partial charge in [0.25, 0.3) is 0 Å². The Kier molecular flexibility index (Phi) is 4.43. The lowest BCUT2D eigenvalue weighted by Gasteiger charge is -2.09. The van der Waals surface area contributed by atoms with Crippen LogP contribution in [0.5, 0.6) is 0 Å². The van der Waals surface area contributed by atoms with Gasteiger partial charge in [-0.2, -0.15) is 0 Å². The maximum atomic E-state index is 2.27. The van der Waals surface area contributed by atoms with E-state index in [4.69, 9.17) is 0 Å². The van der Waals surface area contributed by atoms with Crippen LogP contribution in [0.4, 0.5) is 0 Å². The van der Waals surface area contributed by atoms with Gasteiger partial charge in [0.1, 0.15) is 0 Å². The van der Waals surface area contributed by atoms with Crippen molar-refractivity contribution < 1.29 is 0 Å². The van der Waals surface area contributed by atoms with E-state index >= 15 is 0 Å². The summed E-state index contributed by atoms with van der Waals surface area (Å²) >= 11 is 1.33. The SMILES string of the molecule is CCC[CH]([AlH2])Cc1ccccc1. The molecular weight excluding hydrogens is 159 g/mol. The molecule has 0 aromatic heterocycles. The molecule has 1 unspecified atom stereocenters. The van der Waals surface area contributed by atoms with Crippen LogP contribution < -0.4 is 0 Å². The second-order valence-corrected chi connectivity index (χ2v) is 5.22. The summed E-state index contributed by atoms with van der Waals surface area (Å²) in [4.78, 5) is 0. The highest BCUT2D eigenvalue weighted by molar-refractivity contribution is 6.11. The summed E-state index contributed by atoms with van der Waals surface area (Å²) in [7, 11) is 0. The van der Waals surface area contributed by atoms with Gasteiger partial charge in [-0.15, -0.1) is 0 Å². The first-order chi connectivity index (χ1) is 5.83. The van der Waals surface area contributed by atoms with Gasteiger partial charge in [0.2, 0.25) is 16.3 Å². The summed E-state index contributed by atoms with van der Waals surface area (Å²) in [6, 6.07) is 10.8. The van der Waals surface area contributed by atoms with Gasteiger partial charge in [-0.1, -0.05) is 54.9 Å². The number of hydrogen-bond donors (Lipinski definition) is 0. The van der Waals surface area contributed by atoms with Gasteiger partial charge in [-0.25, -0.2) is 0 Å². The molecule has 0 aliphatic carbocycles.